The molecule has 21 heavy (non-hydrogen) atoms. The number of nitrogens with zero attached hydrogens (tertiary/aromatic N) is 2. The first kappa shape index (κ1) is 13.3. The Labute approximate surface area is 120 Å². The van der Waals surface area contributed by atoms with Crippen molar-refractivity contribution in [1.29, 1.82) is 0 Å². The third-order valence-electron chi connectivity index (χ3n) is 3.12. The van der Waals surface area contributed by atoms with Crippen molar-refractivity contribution in [3.63, 3.8) is 0 Å². The minimum absolute atomic E-state index is 0.285. The number of rotatable bonds is 4. The third kappa shape index (κ3) is 3.08. The lowest BCUT2D eigenvalue weighted by atomic mass is 10.2. The Bertz CT molecular complexity index is 722. The van der Waals surface area contributed by atoms with Gasteiger partial charge < -0.3 is 5.32 Å². The molecule has 3 rings (SSSR count). The van der Waals surface area contributed by atoms with E-state index in [1.54, 1.807) is 10.9 Å². The molecule has 106 valence electrons. The van der Waals surface area contributed by atoms with Crippen LogP contribution in [0, 0.1) is 11.6 Å². The van der Waals surface area contributed by atoms with Crippen LogP contribution in [0.15, 0.2) is 60.9 Å². The summed E-state index contributed by atoms with van der Waals surface area (Å²) in [5, 5.41) is 7.09. The molecule has 0 aliphatic carbocycles. The number of hydrogen-bond donors (Lipinski definition) is 1. The average Bonchev–Trinajstić information content (AvgIpc) is 3.01. The minimum atomic E-state index is -0.594. The molecule has 1 heterocycles. The summed E-state index contributed by atoms with van der Waals surface area (Å²) in [5.41, 5.74) is 2.24. The summed E-state index contributed by atoms with van der Waals surface area (Å²) in [6.07, 6.45) is 3.58. The summed E-state index contributed by atoms with van der Waals surface area (Å²) in [6, 6.07) is 13.1. The molecule has 0 radical (unpaired) electrons. The van der Waals surface area contributed by atoms with Crippen LogP contribution in [-0.4, -0.2) is 9.78 Å². The summed E-state index contributed by atoms with van der Waals surface area (Å²) in [7, 11) is 0. The normalized spacial score (nSPS) is 10.6. The molecular weight excluding hydrogens is 272 g/mol. The fourth-order valence-corrected chi connectivity index (χ4v) is 2.02. The lowest BCUT2D eigenvalue weighted by molar-refractivity contribution is 0.585. The third-order valence-corrected chi connectivity index (χ3v) is 3.12. The molecule has 2 aromatic carbocycles. The lowest BCUT2D eigenvalue weighted by Gasteiger charge is -2.08. The van der Waals surface area contributed by atoms with E-state index in [0.717, 1.165) is 17.3 Å². The zero-order chi connectivity index (χ0) is 14.7. The summed E-state index contributed by atoms with van der Waals surface area (Å²) >= 11 is 0. The van der Waals surface area contributed by atoms with Crippen molar-refractivity contribution < 1.29 is 8.78 Å². The van der Waals surface area contributed by atoms with Gasteiger partial charge in [-0.05, 0) is 35.9 Å². The van der Waals surface area contributed by atoms with E-state index >= 15 is 0 Å². The maximum atomic E-state index is 13.5. The van der Waals surface area contributed by atoms with E-state index in [1.807, 2.05) is 36.5 Å². The van der Waals surface area contributed by atoms with Crippen molar-refractivity contribution in [3.8, 4) is 5.69 Å². The molecule has 0 spiro atoms. The minimum Gasteiger partial charge on any atom is -0.379 e. The van der Waals surface area contributed by atoms with Gasteiger partial charge in [-0.1, -0.05) is 12.1 Å². The topological polar surface area (TPSA) is 29.9 Å². The second kappa shape index (κ2) is 5.75. The summed E-state index contributed by atoms with van der Waals surface area (Å²) in [5.74, 6) is -1.18. The Kier molecular flexibility index (Phi) is 3.64. The van der Waals surface area contributed by atoms with E-state index < -0.39 is 11.6 Å². The highest BCUT2D eigenvalue weighted by Gasteiger charge is 2.03. The van der Waals surface area contributed by atoms with Gasteiger partial charge >= 0.3 is 0 Å². The number of halogens is 2. The van der Waals surface area contributed by atoms with Crippen molar-refractivity contribution in [2.75, 3.05) is 5.32 Å². The number of nitrogens with one attached hydrogen (secondary N) is 1. The van der Waals surface area contributed by atoms with E-state index in [-0.39, 0.29) is 5.69 Å². The number of hydrogen-bond acceptors (Lipinski definition) is 2. The highest BCUT2D eigenvalue weighted by Crippen LogP contribution is 2.16. The number of anilines is 1. The molecule has 0 fully saturated rings. The van der Waals surface area contributed by atoms with Crippen molar-refractivity contribution in [2.24, 2.45) is 0 Å². The molecule has 5 heteroatoms. The maximum absolute atomic E-state index is 13.5. The zero-order valence-corrected chi connectivity index (χ0v) is 11.1. The van der Waals surface area contributed by atoms with E-state index in [2.05, 4.69) is 10.4 Å². The lowest BCUT2D eigenvalue weighted by Crippen LogP contribution is -2.02. The molecule has 0 amide bonds. The number of aromatic nitrogens is 2. The van der Waals surface area contributed by atoms with Crippen molar-refractivity contribution >= 4 is 5.69 Å². The van der Waals surface area contributed by atoms with E-state index in [1.165, 1.54) is 12.1 Å². The predicted molar refractivity (Wildman–Crippen MR) is 77.2 cm³/mol. The molecule has 0 atom stereocenters. The van der Waals surface area contributed by atoms with Gasteiger partial charge in [-0.3, -0.25) is 0 Å². The van der Waals surface area contributed by atoms with Crippen LogP contribution in [0.5, 0.6) is 0 Å². The first-order valence-electron chi connectivity index (χ1n) is 6.50. The molecule has 0 aliphatic rings. The smallest absolute Gasteiger partial charge is 0.149 e. The standard InChI is InChI=1S/C16H13F2N3/c17-13-4-7-16(15(18)10-13)19-11-12-2-5-14(6-3-12)21-9-1-8-20-21/h1-10,19H,11H2. The Morgan fingerprint density at radius 1 is 1.05 bits per heavy atom. The zero-order valence-electron chi connectivity index (χ0n) is 11.1. The molecule has 3 aromatic rings. The van der Waals surface area contributed by atoms with Gasteiger partial charge in [0, 0.05) is 25.0 Å². The summed E-state index contributed by atoms with van der Waals surface area (Å²) < 4.78 is 28.1. The first-order chi connectivity index (χ1) is 10.2. The maximum Gasteiger partial charge on any atom is 0.149 e. The van der Waals surface area contributed by atoms with E-state index in [4.69, 9.17) is 0 Å². The molecule has 0 unspecified atom stereocenters. The number of benzene rings is 2. The van der Waals surface area contributed by atoms with Crippen LogP contribution in [0.3, 0.4) is 0 Å². The van der Waals surface area contributed by atoms with E-state index in [9.17, 15) is 8.78 Å². The van der Waals surface area contributed by atoms with Crippen LogP contribution < -0.4 is 5.32 Å². The van der Waals surface area contributed by atoms with Crippen LogP contribution in [0.4, 0.5) is 14.5 Å². The first-order valence-corrected chi connectivity index (χ1v) is 6.50. The Hall–Kier alpha value is -2.69. The highest BCUT2D eigenvalue weighted by atomic mass is 19.1. The van der Waals surface area contributed by atoms with Crippen molar-refractivity contribution in [3.05, 3.63) is 78.1 Å². The molecule has 1 N–H and O–H groups in total. The van der Waals surface area contributed by atoms with Gasteiger partial charge in [0.25, 0.3) is 0 Å². The van der Waals surface area contributed by atoms with Crippen LogP contribution in [0.2, 0.25) is 0 Å². The average molecular weight is 285 g/mol. The second-order valence-electron chi connectivity index (χ2n) is 4.59. The molecule has 1 aromatic heterocycles. The molecule has 0 aliphatic heterocycles. The molecule has 3 nitrogen and oxygen atoms in total. The molecule has 0 bridgehead atoms. The SMILES string of the molecule is Fc1ccc(NCc2ccc(-n3cccn3)cc2)c(F)c1. The monoisotopic (exact) mass is 285 g/mol. The predicted octanol–water partition coefficient (Wildman–Crippen LogP) is 3.76. The van der Waals surface area contributed by atoms with E-state index in [0.29, 0.717) is 6.54 Å². The fourth-order valence-electron chi connectivity index (χ4n) is 2.02. The summed E-state index contributed by atoms with van der Waals surface area (Å²) in [4.78, 5) is 0. The van der Waals surface area contributed by atoms with Crippen molar-refractivity contribution in [1.82, 2.24) is 9.78 Å². The van der Waals surface area contributed by atoms with Gasteiger partial charge in [-0.2, -0.15) is 5.10 Å². The van der Waals surface area contributed by atoms with Crippen LogP contribution >= 0.6 is 0 Å². The fraction of sp³-hybridized carbons (Fsp3) is 0.0625. The van der Waals surface area contributed by atoms with Gasteiger partial charge in [0.2, 0.25) is 0 Å². The Balaban J connectivity index is 1.68. The van der Waals surface area contributed by atoms with Crippen molar-refractivity contribution in [2.45, 2.75) is 6.54 Å². The molecule has 0 saturated carbocycles. The largest absolute Gasteiger partial charge is 0.379 e. The molecule has 0 saturated heterocycles. The van der Waals surface area contributed by atoms with Gasteiger partial charge in [0.05, 0.1) is 11.4 Å². The van der Waals surface area contributed by atoms with Gasteiger partial charge in [0.15, 0.2) is 0 Å². The quantitative estimate of drug-likeness (QED) is 0.791. The van der Waals surface area contributed by atoms with Gasteiger partial charge in [0.1, 0.15) is 11.6 Å². The van der Waals surface area contributed by atoms with Crippen LogP contribution in [0.1, 0.15) is 5.56 Å². The van der Waals surface area contributed by atoms with Crippen LogP contribution in [-0.2, 0) is 6.54 Å². The van der Waals surface area contributed by atoms with Gasteiger partial charge in [-0.25, -0.2) is 13.5 Å². The highest BCUT2D eigenvalue weighted by molar-refractivity contribution is 5.45. The Morgan fingerprint density at radius 2 is 1.86 bits per heavy atom. The van der Waals surface area contributed by atoms with Gasteiger partial charge in [-0.15, -0.1) is 0 Å². The molecular formula is C16H13F2N3. The van der Waals surface area contributed by atoms with Crippen LogP contribution in [0.25, 0.3) is 5.69 Å². The Morgan fingerprint density at radius 3 is 2.52 bits per heavy atom. The summed E-state index contributed by atoms with van der Waals surface area (Å²) in [6.45, 7) is 0.460. The second-order valence-corrected chi connectivity index (χ2v) is 4.59.